The van der Waals surface area contributed by atoms with Crippen LogP contribution >= 0.6 is 11.3 Å². The van der Waals surface area contributed by atoms with Gasteiger partial charge in [-0.3, -0.25) is 9.59 Å². The Morgan fingerprint density at radius 3 is 2.20 bits per heavy atom. The van der Waals surface area contributed by atoms with Gasteiger partial charge in [0.2, 0.25) is 0 Å². The molecule has 1 aromatic heterocycles. The van der Waals surface area contributed by atoms with Gasteiger partial charge in [0, 0.05) is 10.3 Å². The van der Waals surface area contributed by atoms with E-state index in [0.717, 1.165) is 41.0 Å². The Morgan fingerprint density at radius 1 is 1.06 bits per heavy atom. The van der Waals surface area contributed by atoms with E-state index in [4.69, 9.17) is 9.84 Å². The van der Waals surface area contributed by atoms with Gasteiger partial charge in [0.25, 0.3) is 5.91 Å². The summed E-state index contributed by atoms with van der Waals surface area (Å²) in [5.74, 6) is -0.665. The molecule has 0 saturated carbocycles. The number of rotatable bonds is 11. The van der Waals surface area contributed by atoms with Gasteiger partial charge in [-0.25, -0.2) is 0 Å². The first kappa shape index (κ1) is 28.9. The SMILES string of the molecule is CCc1cc(C(CC)(CC)c2ccc(C(=O)N[C@@H](C)C(=O)O)s2)ccc1OCC(C)(O)C(C)(C)C. The summed E-state index contributed by atoms with van der Waals surface area (Å²) in [6.45, 7) is 15.8. The molecule has 0 fully saturated rings. The highest BCUT2D eigenvalue weighted by Crippen LogP contribution is 2.43. The molecule has 35 heavy (non-hydrogen) atoms. The van der Waals surface area contributed by atoms with Gasteiger partial charge in [0.15, 0.2) is 0 Å². The van der Waals surface area contributed by atoms with Crippen molar-refractivity contribution in [2.45, 2.75) is 91.7 Å². The second-order valence-corrected chi connectivity index (χ2v) is 11.6. The zero-order chi connectivity index (χ0) is 26.6. The molecule has 2 atom stereocenters. The Labute approximate surface area is 213 Å². The van der Waals surface area contributed by atoms with Gasteiger partial charge in [-0.15, -0.1) is 11.3 Å². The molecule has 6 nitrogen and oxygen atoms in total. The highest BCUT2D eigenvalue weighted by Gasteiger charge is 2.37. The average Bonchev–Trinajstić information content (AvgIpc) is 3.29. The molecule has 0 bridgehead atoms. The van der Waals surface area contributed by atoms with Gasteiger partial charge in [-0.1, -0.05) is 53.7 Å². The van der Waals surface area contributed by atoms with Crippen LogP contribution in [0, 0.1) is 5.41 Å². The van der Waals surface area contributed by atoms with Crippen molar-refractivity contribution >= 4 is 23.2 Å². The second-order valence-electron chi connectivity index (χ2n) is 10.5. The van der Waals surface area contributed by atoms with Crippen molar-refractivity contribution in [3.63, 3.8) is 0 Å². The van der Waals surface area contributed by atoms with Gasteiger partial charge in [-0.2, -0.15) is 0 Å². The predicted octanol–water partition coefficient (Wildman–Crippen LogP) is 5.80. The molecule has 0 aliphatic heterocycles. The van der Waals surface area contributed by atoms with Gasteiger partial charge in [0.1, 0.15) is 24.0 Å². The van der Waals surface area contributed by atoms with Crippen LogP contribution < -0.4 is 10.1 Å². The van der Waals surface area contributed by atoms with Crippen molar-refractivity contribution < 1.29 is 24.5 Å². The number of carbonyl (C=O) groups is 2. The van der Waals surface area contributed by atoms with E-state index in [0.29, 0.717) is 4.88 Å². The lowest BCUT2D eigenvalue weighted by molar-refractivity contribution is -0.138. The van der Waals surface area contributed by atoms with Gasteiger partial charge in [0.05, 0.1) is 4.88 Å². The van der Waals surface area contributed by atoms with Crippen LogP contribution in [0.1, 0.15) is 93.9 Å². The van der Waals surface area contributed by atoms with E-state index in [-0.39, 0.29) is 23.3 Å². The number of thiophene rings is 1. The maximum Gasteiger partial charge on any atom is 0.325 e. The highest BCUT2D eigenvalue weighted by atomic mass is 32.1. The third-order valence-electron chi connectivity index (χ3n) is 7.35. The first-order valence-electron chi connectivity index (χ1n) is 12.3. The molecule has 194 valence electrons. The van der Waals surface area contributed by atoms with Crippen molar-refractivity contribution in [2.75, 3.05) is 6.61 Å². The molecular weight excluding hydrogens is 462 g/mol. The minimum atomic E-state index is -1.06. The monoisotopic (exact) mass is 503 g/mol. The standard InChI is InChI=1S/C28H41NO5S/c1-9-19-16-20(12-13-21(19)34-17-27(8,33)26(5,6)7)28(10-2,11-3)23-15-14-22(35-23)24(30)29-18(4)25(31)32/h12-16,18,33H,9-11,17H2,1-8H3,(H,29,30)(H,31,32)/t18-,27?/m0/s1. The lowest BCUT2D eigenvalue weighted by atomic mass is 9.74. The number of aliphatic hydroxyl groups is 1. The van der Waals surface area contributed by atoms with Crippen molar-refractivity contribution in [1.29, 1.82) is 0 Å². The van der Waals surface area contributed by atoms with Gasteiger partial charge < -0.3 is 20.3 Å². The zero-order valence-electron chi connectivity index (χ0n) is 22.3. The summed E-state index contributed by atoms with van der Waals surface area (Å²) in [6.07, 6.45) is 2.48. The van der Waals surface area contributed by atoms with E-state index in [1.165, 1.54) is 18.3 Å². The number of aliphatic carboxylic acids is 1. The van der Waals surface area contributed by atoms with E-state index in [2.05, 4.69) is 38.2 Å². The Morgan fingerprint density at radius 2 is 1.69 bits per heavy atom. The molecule has 7 heteroatoms. The molecule has 1 heterocycles. The van der Waals surface area contributed by atoms with Gasteiger partial charge in [-0.05, 0) is 67.9 Å². The Balaban J connectivity index is 2.38. The fourth-order valence-electron chi connectivity index (χ4n) is 3.92. The normalized spacial score (nSPS) is 14.8. The number of carbonyl (C=O) groups excluding carboxylic acids is 1. The van der Waals surface area contributed by atoms with Crippen molar-refractivity contribution in [3.8, 4) is 5.75 Å². The number of amides is 1. The van der Waals surface area contributed by atoms with Crippen LogP contribution in [0.15, 0.2) is 30.3 Å². The molecule has 0 radical (unpaired) electrons. The molecule has 1 amide bonds. The lowest BCUT2D eigenvalue weighted by Gasteiger charge is -2.37. The summed E-state index contributed by atoms with van der Waals surface area (Å²) in [7, 11) is 0. The number of carboxylic acids is 1. The summed E-state index contributed by atoms with van der Waals surface area (Å²) >= 11 is 1.41. The average molecular weight is 504 g/mol. The van der Waals surface area contributed by atoms with Crippen LogP contribution in [-0.2, 0) is 16.6 Å². The quantitative estimate of drug-likeness (QED) is 0.360. The van der Waals surface area contributed by atoms with E-state index >= 15 is 0 Å². The lowest BCUT2D eigenvalue weighted by Crippen LogP contribution is -2.45. The zero-order valence-corrected chi connectivity index (χ0v) is 23.1. The van der Waals surface area contributed by atoms with E-state index < -0.39 is 17.6 Å². The summed E-state index contributed by atoms with van der Waals surface area (Å²) < 4.78 is 6.10. The van der Waals surface area contributed by atoms with E-state index in [1.807, 2.05) is 32.9 Å². The molecule has 1 aromatic carbocycles. The summed E-state index contributed by atoms with van der Waals surface area (Å²) in [4.78, 5) is 25.3. The number of nitrogens with one attached hydrogen (secondary N) is 1. The summed E-state index contributed by atoms with van der Waals surface area (Å²) in [6, 6.07) is 9.06. The van der Waals surface area contributed by atoms with Crippen LogP contribution in [0.3, 0.4) is 0 Å². The largest absolute Gasteiger partial charge is 0.490 e. The Hall–Kier alpha value is -2.38. The van der Waals surface area contributed by atoms with Crippen LogP contribution in [0.2, 0.25) is 0 Å². The number of carboxylic acid groups (broad SMARTS) is 1. The molecular formula is C28H41NO5S. The smallest absolute Gasteiger partial charge is 0.325 e. The van der Waals surface area contributed by atoms with Crippen molar-refractivity contribution in [1.82, 2.24) is 5.32 Å². The maximum absolute atomic E-state index is 12.6. The van der Waals surface area contributed by atoms with Crippen LogP contribution in [0.4, 0.5) is 0 Å². The molecule has 0 spiro atoms. The molecule has 2 rings (SSSR count). The van der Waals surface area contributed by atoms with Gasteiger partial charge >= 0.3 is 5.97 Å². The fraction of sp³-hybridized carbons (Fsp3) is 0.571. The summed E-state index contributed by atoms with van der Waals surface area (Å²) in [5.41, 5.74) is 0.662. The Kier molecular flexibility index (Phi) is 9.17. The first-order valence-corrected chi connectivity index (χ1v) is 13.2. The third kappa shape index (κ3) is 6.25. The fourth-order valence-corrected chi connectivity index (χ4v) is 5.19. The van der Waals surface area contributed by atoms with Crippen molar-refractivity contribution in [2.24, 2.45) is 5.41 Å². The van der Waals surface area contributed by atoms with E-state index in [9.17, 15) is 14.7 Å². The minimum Gasteiger partial charge on any atom is -0.490 e. The number of benzene rings is 1. The third-order valence-corrected chi connectivity index (χ3v) is 8.63. The molecule has 2 aromatic rings. The Bertz CT molecular complexity index is 1030. The summed E-state index contributed by atoms with van der Waals surface area (Å²) in [5, 5.41) is 22.5. The first-order chi connectivity index (χ1) is 16.2. The van der Waals surface area contributed by atoms with Crippen LogP contribution in [0.25, 0.3) is 0 Å². The number of hydrogen-bond acceptors (Lipinski definition) is 5. The van der Waals surface area contributed by atoms with Crippen molar-refractivity contribution in [3.05, 3.63) is 51.2 Å². The van der Waals surface area contributed by atoms with Crippen LogP contribution in [0.5, 0.6) is 5.75 Å². The highest BCUT2D eigenvalue weighted by molar-refractivity contribution is 7.14. The second kappa shape index (κ2) is 11.1. The molecule has 1 unspecified atom stereocenters. The minimum absolute atomic E-state index is 0.202. The number of aryl methyl sites for hydroxylation is 1. The topological polar surface area (TPSA) is 95.9 Å². The predicted molar refractivity (Wildman–Crippen MR) is 142 cm³/mol. The number of hydrogen-bond donors (Lipinski definition) is 3. The molecule has 3 N–H and O–H groups in total. The molecule has 0 aliphatic rings. The number of ether oxygens (including phenoxy) is 1. The van der Waals surface area contributed by atoms with E-state index in [1.54, 1.807) is 13.0 Å². The maximum atomic E-state index is 12.6. The molecule has 0 aliphatic carbocycles. The molecule has 0 saturated heterocycles. The van der Waals surface area contributed by atoms with Crippen LogP contribution in [-0.4, -0.2) is 40.3 Å².